The lowest BCUT2D eigenvalue weighted by molar-refractivity contribution is -0.129. The van der Waals surface area contributed by atoms with Gasteiger partial charge in [0.1, 0.15) is 11.3 Å². The summed E-state index contributed by atoms with van der Waals surface area (Å²) in [7, 11) is 1.60. The SMILES string of the molecule is COc1ccc2nc(C)cc(C(=O)N3CCNC(=O)C34CC4)c2c1. The Labute approximate surface area is 139 Å². The van der Waals surface area contributed by atoms with E-state index < -0.39 is 5.54 Å². The number of benzene rings is 1. The molecule has 2 aliphatic rings. The average molecular weight is 325 g/mol. The summed E-state index contributed by atoms with van der Waals surface area (Å²) in [5.74, 6) is 0.542. The molecule has 24 heavy (non-hydrogen) atoms. The molecular formula is C18H19N3O3. The second-order valence-corrected chi connectivity index (χ2v) is 6.44. The third kappa shape index (κ3) is 2.13. The Morgan fingerprint density at radius 2 is 2.12 bits per heavy atom. The Bertz CT molecular complexity index is 858. The van der Waals surface area contributed by atoms with Crippen LogP contribution in [0.4, 0.5) is 0 Å². The molecule has 0 atom stereocenters. The molecule has 2 aromatic rings. The monoisotopic (exact) mass is 325 g/mol. The smallest absolute Gasteiger partial charge is 0.255 e. The number of ether oxygens (including phenoxy) is 1. The predicted octanol–water partition coefficient (Wildman–Crippen LogP) is 1.66. The number of rotatable bonds is 2. The zero-order valence-electron chi connectivity index (χ0n) is 13.8. The molecule has 124 valence electrons. The minimum Gasteiger partial charge on any atom is -0.497 e. The van der Waals surface area contributed by atoms with Crippen molar-refractivity contribution in [3.63, 3.8) is 0 Å². The minimum atomic E-state index is -0.641. The van der Waals surface area contributed by atoms with Gasteiger partial charge in [0.25, 0.3) is 5.91 Å². The van der Waals surface area contributed by atoms with Gasteiger partial charge in [-0.15, -0.1) is 0 Å². The van der Waals surface area contributed by atoms with E-state index in [-0.39, 0.29) is 11.8 Å². The van der Waals surface area contributed by atoms with Crippen molar-refractivity contribution in [2.24, 2.45) is 0 Å². The predicted molar refractivity (Wildman–Crippen MR) is 89.0 cm³/mol. The van der Waals surface area contributed by atoms with E-state index in [1.54, 1.807) is 18.1 Å². The quantitative estimate of drug-likeness (QED) is 0.911. The largest absolute Gasteiger partial charge is 0.497 e. The van der Waals surface area contributed by atoms with Crippen LogP contribution in [-0.4, -0.2) is 47.4 Å². The zero-order valence-corrected chi connectivity index (χ0v) is 13.8. The fraction of sp³-hybridized carbons (Fsp3) is 0.389. The normalized spacial score (nSPS) is 18.6. The van der Waals surface area contributed by atoms with E-state index in [1.165, 1.54) is 0 Å². The fourth-order valence-electron chi connectivity index (χ4n) is 3.48. The van der Waals surface area contributed by atoms with Gasteiger partial charge >= 0.3 is 0 Å². The van der Waals surface area contributed by atoms with Crippen LogP contribution in [0.2, 0.25) is 0 Å². The van der Waals surface area contributed by atoms with Crippen LogP contribution in [-0.2, 0) is 4.79 Å². The van der Waals surface area contributed by atoms with Crippen molar-refractivity contribution in [3.05, 3.63) is 35.5 Å². The number of hydrogen-bond donors (Lipinski definition) is 1. The summed E-state index contributed by atoms with van der Waals surface area (Å²) in [6, 6.07) is 7.32. The Balaban J connectivity index is 1.83. The number of fused-ring (bicyclic) bond motifs is 1. The number of aromatic nitrogens is 1. The third-order valence-corrected chi connectivity index (χ3v) is 4.90. The molecule has 1 spiro atoms. The van der Waals surface area contributed by atoms with Crippen LogP contribution in [0, 0.1) is 6.92 Å². The van der Waals surface area contributed by atoms with Crippen LogP contribution in [0.25, 0.3) is 10.9 Å². The molecule has 1 aliphatic heterocycles. The number of aryl methyl sites for hydroxylation is 1. The highest BCUT2D eigenvalue weighted by atomic mass is 16.5. The first-order valence-corrected chi connectivity index (χ1v) is 8.11. The van der Waals surface area contributed by atoms with Gasteiger partial charge in [0.2, 0.25) is 5.91 Å². The number of amides is 2. The molecule has 1 aromatic carbocycles. The summed E-state index contributed by atoms with van der Waals surface area (Å²) in [6.07, 6.45) is 1.46. The second kappa shape index (κ2) is 5.19. The van der Waals surface area contributed by atoms with Gasteiger partial charge in [-0.2, -0.15) is 0 Å². The van der Waals surface area contributed by atoms with E-state index in [4.69, 9.17) is 4.74 Å². The number of nitrogens with zero attached hydrogens (tertiary/aromatic N) is 2. The van der Waals surface area contributed by atoms with Gasteiger partial charge in [-0.25, -0.2) is 0 Å². The molecule has 0 unspecified atom stereocenters. The van der Waals surface area contributed by atoms with E-state index in [1.807, 2.05) is 25.1 Å². The third-order valence-electron chi connectivity index (χ3n) is 4.90. The molecular weight excluding hydrogens is 306 g/mol. The maximum atomic E-state index is 13.2. The lowest BCUT2D eigenvalue weighted by Crippen LogP contribution is -2.59. The lowest BCUT2D eigenvalue weighted by Gasteiger charge is -2.35. The maximum Gasteiger partial charge on any atom is 0.255 e. The summed E-state index contributed by atoms with van der Waals surface area (Å²) in [6.45, 7) is 2.91. The number of piperazine rings is 1. The lowest BCUT2D eigenvalue weighted by atomic mass is 10.0. The van der Waals surface area contributed by atoms with Crippen LogP contribution < -0.4 is 10.1 Å². The molecule has 2 fully saturated rings. The number of nitrogens with one attached hydrogen (secondary N) is 1. The molecule has 1 N–H and O–H groups in total. The summed E-state index contributed by atoms with van der Waals surface area (Å²) in [5.41, 5.74) is 1.47. The first kappa shape index (κ1) is 14.9. The molecule has 2 amide bonds. The minimum absolute atomic E-state index is 0.0326. The van der Waals surface area contributed by atoms with Crippen molar-refractivity contribution in [3.8, 4) is 5.75 Å². The molecule has 6 nitrogen and oxygen atoms in total. The van der Waals surface area contributed by atoms with Gasteiger partial charge in [0.15, 0.2) is 0 Å². The maximum absolute atomic E-state index is 13.2. The summed E-state index contributed by atoms with van der Waals surface area (Å²) in [4.78, 5) is 31.7. The molecule has 6 heteroatoms. The van der Waals surface area contributed by atoms with Crippen molar-refractivity contribution < 1.29 is 14.3 Å². The van der Waals surface area contributed by atoms with E-state index in [0.29, 0.717) is 24.4 Å². The summed E-state index contributed by atoms with van der Waals surface area (Å²) >= 11 is 0. The fourth-order valence-corrected chi connectivity index (χ4v) is 3.48. The van der Waals surface area contributed by atoms with Gasteiger partial charge in [-0.05, 0) is 44.0 Å². The van der Waals surface area contributed by atoms with E-state index in [0.717, 1.165) is 29.4 Å². The Morgan fingerprint density at radius 3 is 2.83 bits per heavy atom. The molecule has 4 rings (SSSR count). The zero-order chi connectivity index (χ0) is 16.9. The van der Waals surface area contributed by atoms with Gasteiger partial charge in [-0.1, -0.05) is 0 Å². The molecule has 1 saturated heterocycles. The molecule has 0 radical (unpaired) electrons. The number of pyridine rings is 1. The molecule has 1 saturated carbocycles. The highest BCUT2D eigenvalue weighted by Gasteiger charge is 2.58. The first-order valence-electron chi connectivity index (χ1n) is 8.11. The number of carbonyl (C=O) groups is 2. The van der Waals surface area contributed by atoms with Gasteiger partial charge < -0.3 is 15.0 Å². The number of hydrogen-bond acceptors (Lipinski definition) is 4. The Hall–Kier alpha value is -2.63. The van der Waals surface area contributed by atoms with Crippen molar-refractivity contribution in [2.45, 2.75) is 25.3 Å². The van der Waals surface area contributed by atoms with Crippen molar-refractivity contribution in [1.82, 2.24) is 15.2 Å². The molecule has 2 heterocycles. The Morgan fingerprint density at radius 1 is 1.33 bits per heavy atom. The molecule has 0 bridgehead atoms. The van der Waals surface area contributed by atoms with Gasteiger partial charge in [0, 0.05) is 24.2 Å². The van der Waals surface area contributed by atoms with E-state index in [2.05, 4.69) is 10.3 Å². The number of methoxy groups -OCH3 is 1. The summed E-state index contributed by atoms with van der Waals surface area (Å²) in [5, 5.41) is 3.63. The van der Waals surface area contributed by atoms with Crippen LogP contribution in [0.5, 0.6) is 5.75 Å². The van der Waals surface area contributed by atoms with Crippen molar-refractivity contribution in [2.75, 3.05) is 20.2 Å². The van der Waals surface area contributed by atoms with Crippen molar-refractivity contribution >= 4 is 22.7 Å². The number of carbonyl (C=O) groups excluding carboxylic acids is 2. The van der Waals surface area contributed by atoms with Crippen LogP contribution >= 0.6 is 0 Å². The molecule has 1 aliphatic carbocycles. The second-order valence-electron chi connectivity index (χ2n) is 6.44. The van der Waals surface area contributed by atoms with Gasteiger partial charge in [-0.3, -0.25) is 14.6 Å². The average Bonchev–Trinajstić information content (AvgIpc) is 3.37. The van der Waals surface area contributed by atoms with E-state index in [9.17, 15) is 9.59 Å². The first-order chi connectivity index (χ1) is 11.5. The standard InChI is InChI=1S/C18H19N3O3/c1-11-9-14(13-10-12(24-2)3-4-15(13)20-11)16(22)21-8-7-19-17(23)18(21)5-6-18/h3-4,9-10H,5-8H2,1-2H3,(H,19,23). The van der Waals surface area contributed by atoms with Crippen LogP contribution in [0.15, 0.2) is 24.3 Å². The van der Waals surface area contributed by atoms with Crippen LogP contribution in [0.3, 0.4) is 0 Å². The highest BCUT2D eigenvalue weighted by molar-refractivity contribution is 6.09. The van der Waals surface area contributed by atoms with Gasteiger partial charge in [0.05, 0.1) is 18.2 Å². The highest BCUT2D eigenvalue weighted by Crippen LogP contribution is 2.44. The molecule has 1 aromatic heterocycles. The van der Waals surface area contributed by atoms with Crippen molar-refractivity contribution in [1.29, 1.82) is 0 Å². The summed E-state index contributed by atoms with van der Waals surface area (Å²) < 4.78 is 5.29. The van der Waals surface area contributed by atoms with E-state index >= 15 is 0 Å². The topological polar surface area (TPSA) is 71.5 Å². The Kier molecular flexibility index (Phi) is 3.23. The van der Waals surface area contributed by atoms with Crippen LogP contribution in [0.1, 0.15) is 28.9 Å².